The maximum absolute atomic E-state index is 14.6. The molecule has 0 aromatic heterocycles. The lowest BCUT2D eigenvalue weighted by molar-refractivity contribution is -0.131. The summed E-state index contributed by atoms with van der Waals surface area (Å²) in [5.74, 6) is -2.75. The molecule has 3 rings (SSSR count). The van der Waals surface area contributed by atoms with Crippen LogP contribution in [0.3, 0.4) is 0 Å². The summed E-state index contributed by atoms with van der Waals surface area (Å²) < 4.78 is 34.9. The van der Waals surface area contributed by atoms with Crippen molar-refractivity contribution in [1.82, 2.24) is 10.2 Å². The third kappa shape index (κ3) is 8.11. The van der Waals surface area contributed by atoms with Gasteiger partial charge in [0.25, 0.3) is 5.92 Å². The van der Waals surface area contributed by atoms with Crippen molar-refractivity contribution in [3.63, 3.8) is 0 Å². The highest BCUT2D eigenvalue weighted by atomic mass is 35.5. The summed E-state index contributed by atoms with van der Waals surface area (Å²) in [4.78, 5) is 13.9. The maximum Gasteiger partial charge on any atom is 0.285 e. The molecule has 1 amide bonds. The summed E-state index contributed by atoms with van der Waals surface area (Å²) >= 11 is 0. The Labute approximate surface area is 189 Å². The Bertz CT molecular complexity index is 799. The van der Waals surface area contributed by atoms with Gasteiger partial charge in [0.15, 0.2) is 0 Å². The topological polar surface area (TPSA) is 41.6 Å². The largest absolute Gasteiger partial charge is 0.494 e. The minimum atomic E-state index is -3.08. The molecule has 0 spiro atoms. The predicted molar refractivity (Wildman–Crippen MR) is 121 cm³/mol. The zero-order valence-electron chi connectivity index (χ0n) is 17.7. The number of hydrogen-bond donors (Lipinski definition) is 1. The molecule has 1 aliphatic heterocycles. The molecule has 1 saturated heterocycles. The minimum Gasteiger partial charge on any atom is -0.494 e. The van der Waals surface area contributed by atoms with Crippen LogP contribution in [0.15, 0.2) is 54.6 Å². The van der Waals surface area contributed by atoms with Crippen LogP contribution in [0.4, 0.5) is 8.78 Å². The average molecular weight is 453 g/mol. The summed E-state index contributed by atoms with van der Waals surface area (Å²) in [6.07, 6.45) is 4.79. The van der Waals surface area contributed by atoms with E-state index in [1.54, 1.807) is 17.0 Å². The van der Waals surface area contributed by atoms with Crippen molar-refractivity contribution in [3.05, 3.63) is 65.7 Å². The normalized spacial score (nSPS) is 14.1. The smallest absolute Gasteiger partial charge is 0.285 e. The van der Waals surface area contributed by atoms with Crippen molar-refractivity contribution < 1.29 is 18.3 Å². The minimum absolute atomic E-state index is 0. The molecule has 170 valence electrons. The van der Waals surface area contributed by atoms with Crippen molar-refractivity contribution >= 4 is 18.3 Å². The van der Waals surface area contributed by atoms with E-state index >= 15 is 0 Å². The second kappa shape index (κ2) is 12.6. The van der Waals surface area contributed by atoms with E-state index in [2.05, 4.69) is 17.4 Å². The maximum atomic E-state index is 14.6. The number of carbonyl (C=O) groups excluding carboxylic acids is 1. The lowest BCUT2D eigenvalue weighted by atomic mass is 10.1. The second-order valence-electron chi connectivity index (χ2n) is 7.71. The fourth-order valence-corrected chi connectivity index (χ4v) is 3.61. The van der Waals surface area contributed by atoms with E-state index in [0.717, 1.165) is 45.2 Å². The van der Waals surface area contributed by atoms with Gasteiger partial charge in [0.05, 0.1) is 19.7 Å². The standard InChI is InChI=1S/C24H30F2N2O2.ClH/c25-24(26,19-27-18-23(29)28-14-5-2-6-15-28)21-12-7-13-22(17-21)30-16-8-11-20-9-3-1-4-10-20;/h1,3-4,7,9-10,12-13,17,27H,2,5-6,8,11,14-16,18-19H2;1H. The predicted octanol–water partition coefficient (Wildman–Crippen LogP) is 4.81. The number of likely N-dealkylation sites (tertiary alicyclic amines) is 1. The van der Waals surface area contributed by atoms with Crippen molar-refractivity contribution in [2.24, 2.45) is 0 Å². The number of rotatable bonds is 10. The van der Waals surface area contributed by atoms with Crippen LogP contribution in [0.5, 0.6) is 5.75 Å². The fraction of sp³-hybridized carbons (Fsp3) is 0.458. The Morgan fingerprint density at radius 1 is 1.03 bits per heavy atom. The molecule has 0 saturated carbocycles. The van der Waals surface area contributed by atoms with Gasteiger partial charge in [0.1, 0.15) is 5.75 Å². The van der Waals surface area contributed by atoms with Gasteiger partial charge in [-0.3, -0.25) is 4.79 Å². The van der Waals surface area contributed by atoms with Crippen LogP contribution >= 0.6 is 12.4 Å². The highest BCUT2D eigenvalue weighted by Gasteiger charge is 2.32. The summed E-state index contributed by atoms with van der Waals surface area (Å²) in [7, 11) is 0. The lowest BCUT2D eigenvalue weighted by Gasteiger charge is -2.27. The molecule has 1 heterocycles. The number of halogens is 3. The Morgan fingerprint density at radius 3 is 2.52 bits per heavy atom. The number of ether oxygens (including phenoxy) is 1. The highest BCUT2D eigenvalue weighted by Crippen LogP contribution is 2.29. The highest BCUT2D eigenvalue weighted by molar-refractivity contribution is 5.85. The zero-order chi connectivity index (χ0) is 21.2. The SMILES string of the molecule is Cl.O=C(CNCC(F)(F)c1cccc(OCCCc2ccccc2)c1)N1CCCCC1. The molecule has 2 aromatic carbocycles. The first-order valence-corrected chi connectivity index (χ1v) is 10.7. The van der Waals surface area contributed by atoms with Crippen molar-refractivity contribution in [3.8, 4) is 5.75 Å². The fourth-order valence-electron chi connectivity index (χ4n) is 3.61. The number of alkyl halides is 2. The molecular weight excluding hydrogens is 422 g/mol. The number of nitrogens with zero attached hydrogens (tertiary/aromatic N) is 1. The van der Waals surface area contributed by atoms with Gasteiger partial charge in [-0.05, 0) is 49.8 Å². The molecule has 0 radical (unpaired) electrons. The van der Waals surface area contributed by atoms with Gasteiger partial charge < -0.3 is 15.0 Å². The van der Waals surface area contributed by atoms with Gasteiger partial charge in [-0.2, -0.15) is 8.78 Å². The van der Waals surface area contributed by atoms with E-state index in [-0.39, 0.29) is 30.4 Å². The quantitative estimate of drug-likeness (QED) is 0.526. The second-order valence-corrected chi connectivity index (χ2v) is 7.71. The summed E-state index contributed by atoms with van der Waals surface area (Å²) in [5.41, 5.74) is 1.12. The molecule has 1 fully saturated rings. The molecule has 0 bridgehead atoms. The molecule has 4 nitrogen and oxygen atoms in total. The number of carbonyl (C=O) groups is 1. The summed E-state index contributed by atoms with van der Waals surface area (Å²) in [5, 5.41) is 2.63. The average Bonchev–Trinajstić information content (AvgIpc) is 2.78. The van der Waals surface area contributed by atoms with Crippen LogP contribution in [0.1, 0.15) is 36.8 Å². The molecular formula is C24H31ClF2N2O2. The molecule has 7 heteroatoms. The molecule has 2 aromatic rings. The Balaban J connectivity index is 0.00000341. The Kier molecular flexibility index (Phi) is 10.2. The van der Waals surface area contributed by atoms with Gasteiger partial charge in [0, 0.05) is 18.7 Å². The lowest BCUT2D eigenvalue weighted by Crippen LogP contribution is -2.43. The van der Waals surface area contributed by atoms with E-state index in [1.165, 1.54) is 17.7 Å². The molecule has 0 atom stereocenters. The van der Waals surface area contributed by atoms with Gasteiger partial charge in [-0.1, -0.05) is 42.5 Å². The van der Waals surface area contributed by atoms with Crippen LogP contribution in [0.25, 0.3) is 0 Å². The van der Waals surface area contributed by atoms with Crippen molar-refractivity contribution in [2.75, 3.05) is 32.8 Å². The first-order chi connectivity index (χ1) is 14.5. The van der Waals surface area contributed by atoms with Gasteiger partial charge in [0.2, 0.25) is 5.91 Å². The monoisotopic (exact) mass is 452 g/mol. The Morgan fingerprint density at radius 2 is 1.77 bits per heavy atom. The number of amides is 1. The van der Waals surface area contributed by atoms with E-state index in [0.29, 0.717) is 12.4 Å². The number of hydrogen-bond acceptors (Lipinski definition) is 3. The van der Waals surface area contributed by atoms with Crippen LogP contribution in [0, 0.1) is 0 Å². The number of benzene rings is 2. The van der Waals surface area contributed by atoms with E-state index in [1.807, 2.05) is 18.2 Å². The first kappa shape index (κ1) is 25.1. The summed E-state index contributed by atoms with van der Waals surface area (Å²) in [6, 6.07) is 16.1. The third-order valence-electron chi connectivity index (χ3n) is 5.31. The Hall–Kier alpha value is -2.18. The van der Waals surface area contributed by atoms with Gasteiger partial charge in [-0.15, -0.1) is 12.4 Å². The first-order valence-electron chi connectivity index (χ1n) is 10.7. The van der Waals surface area contributed by atoms with E-state index < -0.39 is 12.5 Å². The number of nitrogens with one attached hydrogen (secondary N) is 1. The van der Waals surface area contributed by atoms with Gasteiger partial charge in [-0.25, -0.2) is 0 Å². The molecule has 1 aliphatic rings. The van der Waals surface area contributed by atoms with E-state index in [4.69, 9.17) is 4.74 Å². The van der Waals surface area contributed by atoms with Crippen LogP contribution in [-0.4, -0.2) is 43.6 Å². The van der Waals surface area contributed by atoms with Crippen LogP contribution in [-0.2, 0) is 17.1 Å². The van der Waals surface area contributed by atoms with Crippen molar-refractivity contribution in [2.45, 2.75) is 38.0 Å². The van der Waals surface area contributed by atoms with E-state index in [9.17, 15) is 13.6 Å². The van der Waals surface area contributed by atoms with Gasteiger partial charge >= 0.3 is 0 Å². The number of piperidine rings is 1. The van der Waals surface area contributed by atoms with Crippen LogP contribution < -0.4 is 10.1 Å². The molecule has 31 heavy (non-hydrogen) atoms. The van der Waals surface area contributed by atoms with Crippen LogP contribution in [0.2, 0.25) is 0 Å². The number of aryl methyl sites for hydroxylation is 1. The zero-order valence-corrected chi connectivity index (χ0v) is 18.5. The molecule has 0 unspecified atom stereocenters. The van der Waals surface area contributed by atoms with Crippen molar-refractivity contribution in [1.29, 1.82) is 0 Å². The summed E-state index contributed by atoms with van der Waals surface area (Å²) in [6.45, 7) is 1.27. The third-order valence-corrected chi connectivity index (χ3v) is 5.31. The molecule has 1 N–H and O–H groups in total. The molecule has 0 aliphatic carbocycles.